The summed E-state index contributed by atoms with van der Waals surface area (Å²) in [5, 5.41) is 0. The van der Waals surface area contributed by atoms with Gasteiger partial charge in [-0.25, -0.2) is 8.42 Å². The molecule has 110 valence electrons. The summed E-state index contributed by atoms with van der Waals surface area (Å²) in [5.41, 5.74) is 3.00. The zero-order chi connectivity index (χ0) is 15.0. The Bertz CT molecular complexity index is 767. The average molecular weight is 303 g/mol. The topological polar surface area (TPSA) is 46.6 Å². The number of hydrogen-bond acceptors (Lipinski definition) is 3. The van der Waals surface area contributed by atoms with E-state index in [9.17, 15) is 8.42 Å². The zero-order valence-corrected chi connectivity index (χ0v) is 12.9. The fourth-order valence-corrected chi connectivity index (χ4v) is 3.97. The van der Waals surface area contributed by atoms with E-state index in [4.69, 9.17) is 4.74 Å². The van der Waals surface area contributed by atoms with E-state index in [2.05, 4.69) is 0 Å². The van der Waals surface area contributed by atoms with Gasteiger partial charge in [0.05, 0.1) is 12.0 Å². The molecule has 0 atom stereocenters. The molecule has 0 bridgehead atoms. The molecule has 21 heavy (non-hydrogen) atoms. The van der Waals surface area contributed by atoms with Gasteiger partial charge >= 0.3 is 0 Å². The Morgan fingerprint density at radius 2 is 1.76 bits per heavy atom. The average Bonchev–Trinajstić information content (AvgIpc) is 2.92. The number of benzene rings is 2. The van der Waals surface area contributed by atoms with Crippen molar-refractivity contribution >= 4 is 10.0 Å². The van der Waals surface area contributed by atoms with Gasteiger partial charge in [-0.05, 0) is 30.7 Å². The Labute approximate surface area is 125 Å². The molecule has 0 radical (unpaired) electrons. The zero-order valence-electron chi connectivity index (χ0n) is 12.0. The molecule has 1 heterocycles. The van der Waals surface area contributed by atoms with Crippen molar-refractivity contribution in [1.29, 1.82) is 0 Å². The molecule has 2 aromatic rings. The van der Waals surface area contributed by atoms with Gasteiger partial charge in [-0.1, -0.05) is 29.8 Å². The largest absolute Gasteiger partial charge is 0.496 e. The van der Waals surface area contributed by atoms with Crippen LogP contribution in [0.5, 0.6) is 5.75 Å². The highest BCUT2D eigenvalue weighted by atomic mass is 32.2. The van der Waals surface area contributed by atoms with E-state index in [0.717, 1.165) is 22.4 Å². The summed E-state index contributed by atoms with van der Waals surface area (Å²) in [6.45, 7) is 2.69. The van der Waals surface area contributed by atoms with Crippen molar-refractivity contribution in [3.8, 4) is 5.75 Å². The molecule has 1 aliphatic heterocycles. The molecule has 3 rings (SSSR count). The quantitative estimate of drug-likeness (QED) is 0.876. The van der Waals surface area contributed by atoms with Crippen LogP contribution in [0.2, 0.25) is 0 Å². The predicted molar refractivity (Wildman–Crippen MR) is 80.6 cm³/mol. The van der Waals surface area contributed by atoms with Crippen LogP contribution in [0.25, 0.3) is 0 Å². The van der Waals surface area contributed by atoms with Gasteiger partial charge in [-0.3, -0.25) is 0 Å². The lowest BCUT2D eigenvalue weighted by Gasteiger charge is -2.15. The van der Waals surface area contributed by atoms with E-state index >= 15 is 0 Å². The Kier molecular flexibility index (Phi) is 3.47. The third-order valence-corrected chi connectivity index (χ3v) is 5.60. The van der Waals surface area contributed by atoms with Crippen LogP contribution in [-0.4, -0.2) is 19.8 Å². The highest BCUT2D eigenvalue weighted by molar-refractivity contribution is 7.89. The highest BCUT2D eigenvalue weighted by Crippen LogP contribution is 2.34. The molecule has 4 nitrogen and oxygen atoms in total. The number of sulfonamides is 1. The SMILES string of the molecule is COc1cccc2c1CN(S(=O)(=O)c1ccc(C)cc1)C2. The Hall–Kier alpha value is -1.85. The van der Waals surface area contributed by atoms with E-state index in [1.807, 2.05) is 37.3 Å². The van der Waals surface area contributed by atoms with Gasteiger partial charge in [0, 0.05) is 18.7 Å². The summed E-state index contributed by atoms with van der Waals surface area (Å²) in [6, 6.07) is 12.6. The third kappa shape index (κ3) is 2.43. The first kappa shape index (κ1) is 14.1. The van der Waals surface area contributed by atoms with Crippen LogP contribution < -0.4 is 4.74 Å². The third-order valence-electron chi connectivity index (χ3n) is 3.79. The Morgan fingerprint density at radius 3 is 2.43 bits per heavy atom. The summed E-state index contributed by atoms with van der Waals surface area (Å²) < 4.78 is 32.2. The van der Waals surface area contributed by atoms with Gasteiger partial charge in [0.1, 0.15) is 5.75 Å². The summed E-state index contributed by atoms with van der Waals surface area (Å²) >= 11 is 0. The molecule has 1 aliphatic rings. The van der Waals surface area contributed by atoms with Crippen molar-refractivity contribution in [2.75, 3.05) is 7.11 Å². The maximum atomic E-state index is 12.7. The van der Waals surface area contributed by atoms with Crippen LogP contribution in [0, 0.1) is 6.92 Å². The monoisotopic (exact) mass is 303 g/mol. The smallest absolute Gasteiger partial charge is 0.243 e. The second-order valence-corrected chi connectivity index (χ2v) is 7.12. The lowest BCUT2D eigenvalue weighted by Crippen LogP contribution is -2.25. The van der Waals surface area contributed by atoms with Crippen LogP contribution >= 0.6 is 0 Å². The lowest BCUT2D eigenvalue weighted by atomic mass is 10.1. The second-order valence-electron chi connectivity index (χ2n) is 5.18. The van der Waals surface area contributed by atoms with E-state index < -0.39 is 10.0 Å². The maximum Gasteiger partial charge on any atom is 0.243 e. The summed E-state index contributed by atoms with van der Waals surface area (Å²) in [5.74, 6) is 0.745. The van der Waals surface area contributed by atoms with Crippen molar-refractivity contribution in [3.05, 3.63) is 59.2 Å². The molecule has 0 aromatic heterocycles. The molecule has 0 N–H and O–H groups in total. The fourth-order valence-electron chi connectivity index (χ4n) is 2.58. The molecular formula is C16H17NO3S. The summed E-state index contributed by atoms with van der Waals surface area (Å²) in [6.07, 6.45) is 0. The first-order valence-corrected chi connectivity index (χ1v) is 8.18. The minimum atomic E-state index is -3.47. The second kappa shape index (κ2) is 5.16. The van der Waals surface area contributed by atoms with E-state index in [0.29, 0.717) is 18.0 Å². The van der Waals surface area contributed by atoms with Crippen molar-refractivity contribution in [3.63, 3.8) is 0 Å². The van der Waals surface area contributed by atoms with Crippen LogP contribution in [0.1, 0.15) is 16.7 Å². The van der Waals surface area contributed by atoms with Crippen molar-refractivity contribution in [1.82, 2.24) is 4.31 Å². The van der Waals surface area contributed by atoms with Crippen LogP contribution in [0.3, 0.4) is 0 Å². The molecule has 0 spiro atoms. The normalized spacial score (nSPS) is 15.0. The first-order valence-electron chi connectivity index (χ1n) is 6.74. The minimum Gasteiger partial charge on any atom is -0.496 e. The van der Waals surface area contributed by atoms with Crippen LogP contribution in [0.15, 0.2) is 47.4 Å². The molecule has 0 amide bonds. The van der Waals surface area contributed by atoms with Gasteiger partial charge < -0.3 is 4.74 Å². The summed E-state index contributed by atoms with van der Waals surface area (Å²) in [7, 11) is -1.87. The molecule has 0 aliphatic carbocycles. The van der Waals surface area contributed by atoms with E-state index in [-0.39, 0.29) is 0 Å². The van der Waals surface area contributed by atoms with Crippen molar-refractivity contribution in [2.24, 2.45) is 0 Å². The molecule has 0 unspecified atom stereocenters. The Morgan fingerprint density at radius 1 is 1.05 bits per heavy atom. The maximum absolute atomic E-state index is 12.7. The number of nitrogens with zero attached hydrogens (tertiary/aromatic N) is 1. The van der Waals surface area contributed by atoms with Gasteiger partial charge in [-0.15, -0.1) is 0 Å². The van der Waals surface area contributed by atoms with Crippen LogP contribution in [0.4, 0.5) is 0 Å². The number of rotatable bonds is 3. The van der Waals surface area contributed by atoms with Gasteiger partial charge in [-0.2, -0.15) is 4.31 Å². The number of ether oxygens (including phenoxy) is 1. The van der Waals surface area contributed by atoms with Crippen molar-refractivity contribution in [2.45, 2.75) is 24.9 Å². The molecule has 2 aromatic carbocycles. The van der Waals surface area contributed by atoms with Gasteiger partial charge in [0.2, 0.25) is 10.0 Å². The van der Waals surface area contributed by atoms with Gasteiger partial charge in [0.15, 0.2) is 0 Å². The standard InChI is InChI=1S/C16H17NO3S/c1-12-6-8-14(9-7-12)21(18,19)17-10-13-4-3-5-16(20-2)15(13)11-17/h3-9H,10-11H2,1-2H3. The minimum absolute atomic E-state index is 0.333. The van der Waals surface area contributed by atoms with E-state index in [1.165, 1.54) is 4.31 Å². The fraction of sp³-hybridized carbons (Fsp3) is 0.250. The number of aryl methyl sites for hydroxylation is 1. The van der Waals surface area contributed by atoms with Gasteiger partial charge in [0.25, 0.3) is 0 Å². The molecular weight excluding hydrogens is 286 g/mol. The predicted octanol–water partition coefficient (Wildman–Crippen LogP) is 2.71. The van der Waals surface area contributed by atoms with Crippen molar-refractivity contribution < 1.29 is 13.2 Å². The molecule has 0 saturated carbocycles. The number of methoxy groups -OCH3 is 1. The first-order chi connectivity index (χ1) is 10.0. The molecule has 5 heteroatoms. The highest BCUT2D eigenvalue weighted by Gasteiger charge is 2.32. The molecule has 0 saturated heterocycles. The van der Waals surface area contributed by atoms with Crippen LogP contribution in [-0.2, 0) is 23.1 Å². The summed E-state index contributed by atoms with van der Waals surface area (Å²) in [4.78, 5) is 0.333. The molecule has 0 fully saturated rings. The number of hydrogen-bond donors (Lipinski definition) is 0. The van der Waals surface area contributed by atoms with E-state index in [1.54, 1.807) is 19.2 Å². The number of fused-ring (bicyclic) bond motifs is 1. The Balaban J connectivity index is 1.95. The lowest BCUT2D eigenvalue weighted by molar-refractivity contribution is 0.399.